The number of nitrogens with one attached hydrogen (secondary N) is 3. The third-order valence-corrected chi connectivity index (χ3v) is 8.48. The molecule has 45 heavy (non-hydrogen) atoms. The lowest BCUT2D eigenvalue weighted by atomic mass is 10.0. The molecule has 0 bridgehead atoms. The molecule has 1 unspecified atom stereocenters. The first-order chi connectivity index (χ1) is 21.6. The van der Waals surface area contributed by atoms with Crippen molar-refractivity contribution in [2.24, 2.45) is 5.73 Å². The van der Waals surface area contributed by atoms with Crippen LogP contribution in [0.15, 0.2) is 115 Å². The molecule has 5 N–H and O–H groups in total. The minimum absolute atomic E-state index is 0.0786. The minimum Gasteiger partial charge on any atom is -0.414 e. The number of nitrogens with two attached hydrogens (primary N) is 1. The molecule has 0 heterocycles. The van der Waals surface area contributed by atoms with E-state index in [1.165, 1.54) is 31.2 Å². The molecule has 232 valence electrons. The third-order valence-electron chi connectivity index (χ3n) is 6.49. The molecule has 4 aromatic rings. The van der Waals surface area contributed by atoms with E-state index in [0.29, 0.717) is 0 Å². The van der Waals surface area contributed by atoms with Gasteiger partial charge in [0.2, 0.25) is 23.6 Å². The molecule has 4 aromatic carbocycles. The molecule has 4 rings (SSSR count). The number of carbonyl (C=O) groups is 4. The zero-order valence-corrected chi connectivity index (χ0v) is 25.3. The molecule has 12 heteroatoms. The van der Waals surface area contributed by atoms with Gasteiger partial charge in [-0.3, -0.25) is 19.2 Å². The maximum Gasteiger partial charge on any atom is 0.457 e. The molecule has 0 saturated carbocycles. The van der Waals surface area contributed by atoms with E-state index in [1.807, 2.05) is 6.07 Å². The van der Waals surface area contributed by atoms with E-state index in [0.717, 1.165) is 5.56 Å². The summed E-state index contributed by atoms with van der Waals surface area (Å²) in [7, 11) is -4.39. The van der Waals surface area contributed by atoms with E-state index < -0.39 is 43.0 Å². The molecule has 0 aliphatic heterocycles. The van der Waals surface area contributed by atoms with Crippen LogP contribution < -0.4 is 30.7 Å². The molecule has 0 radical (unpaired) electrons. The van der Waals surface area contributed by atoms with Gasteiger partial charge in [0.1, 0.15) is 17.5 Å². The van der Waals surface area contributed by atoms with Crippen LogP contribution in [0.1, 0.15) is 34.2 Å². The van der Waals surface area contributed by atoms with E-state index >= 15 is 0 Å². The summed E-state index contributed by atoms with van der Waals surface area (Å²) in [5.74, 6) is -3.37. The number of amides is 4. The van der Waals surface area contributed by atoms with Crippen LogP contribution in [-0.4, -0.2) is 36.2 Å². The number of carbonyl (C=O) groups excluding carboxylic acids is 4. The number of para-hydroxylation sites is 2. The van der Waals surface area contributed by atoms with Crippen LogP contribution in [-0.2, 0) is 25.4 Å². The second-order valence-corrected chi connectivity index (χ2v) is 11.9. The van der Waals surface area contributed by atoms with Crippen LogP contribution in [0.25, 0.3) is 0 Å². The van der Waals surface area contributed by atoms with Gasteiger partial charge in [0.25, 0.3) is 0 Å². The Morgan fingerprint density at radius 1 is 0.733 bits per heavy atom. The molecule has 0 aromatic heterocycles. The summed E-state index contributed by atoms with van der Waals surface area (Å²) in [4.78, 5) is 49.9. The highest BCUT2D eigenvalue weighted by atomic mass is 31.2. The van der Waals surface area contributed by atoms with Gasteiger partial charge in [0.15, 0.2) is 5.78 Å². The Kier molecular flexibility index (Phi) is 11.1. The monoisotopic (exact) mass is 628 g/mol. The highest BCUT2D eigenvalue weighted by Crippen LogP contribution is 2.59. The number of hydrogen-bond donors (Lipinski definition) is 4. The number of benzene rings is 4. The highest BCUT2D eigenvalue weighted by molar-refractivity contribution is 7.55. The minimum atomic E-state index is -4.39. The average molecular weight is 629 g/mol. The molecule has 0 aliphatic carbocycles. The first kappa shape index (κ1) is 32.5. The van der Waals surface area contributed by atoms with Crippen molar-refractivity contribution < 1.29 is 32.8 Å². The number of primary amides is 1. The maximum atomic E-state index is 14.9. The van der Waals surface area contributed by atoms with Crippen molar-refractivity contribution in [1.82, 2.24) is 16.0 Å². The van der Waals surface area contributed by atoms with Crippen LogP contribution >= 0.6 is 7.60 Å². The second-order valence-electron chi connectivity index (χ2n) is 9.97. The van der Waals surface area contributed by atoms with E-state index in [4.69, 9.17) is 14.8 Å². The van der Waals surface area contributed by atoms with Crippen LogP contribution in [0, 0.1) is 0 Å². The Balaban J connectivity index is 1.75. The molecule has 4 amide bonds. The summed E-state index contributed by atoms with van der Waals surface area (Å²) in [6, 6.07) is 30.3. The fourth-order valence-electron chi connectivity index (χ4n) is 4.30. The van der Waals surface area contributed by atoms with Gasteiger partial charge in [0, 0.05) is 18.9 Å². The van der Waals surface area contributed by atoms with Crippen LogP contribution in [0.4, 0.5) is 0 Å². The van der Waals surface area contributed by atoms with Crippen LogP contribution in [0.2, 0.25) is 0 Å². The topological polar surface area (TPSA) is 166 Å². The number of rotatable bonds is 14. The van der Waals surface area contributed by atoms with Gasteiger partial charge in [-0.2, -0.15) is 0 Å². The van der Waals surface area contributed by atoms with Gasteiger partial charge in [-0.1, -0.05) is 78.9 Å². The molecule has 0 spiro atoms. The normalized spacial score (nSPS) is 12.2. The molecule has 0 fully saturated rings. The Hall–Kier alpha value is -5.41. The van der Waals surface area contributed by atoms with E-state index in [-0.39, 0.29) is 35.6 Å². The van der Waals surface area contributed by atoms with Crippen LogP contribution in [0.3, 0.4) is 0 Å². The zero-order valence-electron chi connectivity index (χ0n) is 24.4. The molecule has 11 nitrogen and oxygen atoms in total. The summed E-state index contributed by atoms with van der Waals surface area (Å²) in [6.45, 7) is 0.922. The average Bonchev–Trinajstić information content (AvgIpc) is 3.03. The van der Waals surface area contributed by atoms with Crippen LogP contribution in [0.5, 0.6) is 11.5 Å². The Morgan fingerprint density at radius 3 is 1.73 bits per heavy atom. The summed E-state index contributed by atoms with van der Waals surface area (Å²) in [6.07, 6.45) is 0.0786. The second kappa shape index (κ2) is 15.4. The lowest BCUT2D eigenvalue weighted by Crippen LogP contribution is -2.51. The first-order valence-corrected chi connectivity index (χ1v) is 15.6. The van der Waals surface area contributed by atoms with E-state index in [2.05, 4.69) is 16.0 Å². The van der Waals surface area contributed by atoms with Crippen molar-refractivity contribution in [3.8, 4) is 11.5 Å². The largest absolute Gasteiger partial charge is 0.457 e. The summed E-state index contributed by atoms with van der Waals surface area (Å²) < 4.78 is 27.0. The SMILES string of the molecule is CC(=O)NCC(=O)N[C@H](Cc1ccccc1)C(=O)NC(c1ccc(C(N)=O)cc1)P(=O)(Oc1ccccc1)Oc1ccccc1. The molecule has 0 saturated heterocycles. The zero-order chi connectivity index (χ0) is 32.2. The summed E-state index contributed by atoms with van der Waals surface area (Å²) in [5.41, 5.74) is 6.65. The predicted octanol–water partition coefficient (Wildman–Crippen LogP) is 4.12. The summed E-state index contributed by atoms with van der Waals surface area (Å²) >= 11 is 0. The van der Waals surface area contributed by atoms with Gasteiger partial charge in [-0.05, 0) is 47.5 Å². The van der Waals surface area contributed by atoms with Crippen molar-refractivity contribution in [3.63, 3.8) is 0 Å². The quantitative estimate of drug-likeness (QED) is 0.153. The lowest BCUT2D eigenvalue weighted by Gasteiger charge is -2.30. The standard InChI is InChI=1S/C33H33N4O7P/c1-23(38)35-22-30(39)36-29(21-24-11-5-2-6-12-24)32(41)37-33(26-19-17-25(18-20-26)31(34)40)45(42,43-27-13-7-3-8-14-27)44-28-15-9-4-10-16-28/h2-20,29,33H,21-22H2,1H3,(H2,34,40)(H,35,38)(H,36,39)(H,37,41)/t29-,33?/m1/s1. The van der Waals surface area contributed by atoms with Gasteiger partial charge < -0.3 is 30.7 Å². The Morgan fingerprint density at radius 2 is 1.24 bits per heavy atom. The summed E-state index contributed by atoms with van der Waals surface area (Å²) in [5, 5.41) is 7.85. The van der Waals surface area contributed by atoms with Crippen molar-refractivity contribution in [2.75, 3.05) is 6.54 Å². The smallest absolute Gasteiger partial charge is 0.414 e. The van der Waals surface area contributed by atoms with Crippen molar-refractivity contribution >= 4 is 31.2 Å². The maximum absolute atomic E-state index is 14.9. The Labute approximate surface area is 260 Å². The number of hydrogen-bond acceptors (Lipinski definition) is 7. The fourth-order valence-corrected chi connectivity index (χ4v) is 6.20. The van der Waals surface area contributed by atoms with Crippen molar-refractivity contribution in [3.05, 3.63) is 132 Å². The first-order valence-electron chi connectivity index (χ1n) is 14.0. The van der Waals surface area contributed by atoms with Gasteiger partial charge in [-0.15, -0.1) is 0 Å². The Bertz CT molecular complexity index is 1610. The van der Waals surface area contributed by atoms with E-state index in [9.17, 15) is 23.7 Å². The van der Waals surface area contributed by atoms with Crippen molar-refractivity contribution in [2.45, 2.75) is 25.2 Å². The van der Waals surface area contributed by atoms with Gasteiger partial charge in [-0.25, -0.2) is 4.57 Å². The third kappa shape index (κ3) is 9.54. The van der Waals surface area contributed by atoms with E-state index in [1.54, 1.807) is 84.9 Å². The van der Waals surface area contributed by atoms with Crippen molar-refractivity contribution in [1.29, 1.82) is 0 Å². The molecule has 0 aliphatic rings. The lowest BCUT2D eigenvalue weighted by molar-refractivity contribution is -0.129. The molecular formula is C33H33N4O7P. The van der Waals surface area contributed by atoms with Gasteiger partial charge >= 0.3 is 7.60 Å². The molecular weight excluding hydrogens is 595 g/mol. The predicted molar refractivity (Wildman–Crippen MR) is 168 cm³/mol. The fraction of sp³-hybridized carbons (Fsp3) is 0.152. The highest BCUT2D eigenvalue weighted by Gasteiger charge is 2.43. The molecule has 2 atom stereocenters. The van der Waals surface area contributed by atoms with Gasteiger partial charge in [0.05, 0.1) is 6.54 Å².